The van der Waals surface area contributed by atoms with Gasteiger partial charge in [0.2, 0.25) is 5.91 Å². The van der Waals surface area contributed by atoms with E-state index in [0.717, 1.165) is 18.2 Å². The van der Waals surface area contributed by atoms with Crippen molar-refractivity contribution in [1.29, 1.82) is 0 Å². The van der Waals surface area contributed by atoms with E-state index in [4.69, 9.17) is 0 Å². The third-order valence-electron chi connectivity index (χ3n) is 4.08. The Morgan fingerprint density at radius 1 is 0.972 bits per heavy atom. The summed E-state index contributed by atoms with van der Waals surface area (Å²) in [6.45, 7) is 0. The van der Waals surface area contributed by atoms with Crippen LogP contribution in [0.1, 0.15) is 5.56 Å². The highest BCUT2D eigenvalue weighted by Crippen LogP contribution is 2.54. The van der Waals surface area contributed by atoms with Crippen LogP contribution in [0.5, 0.6) is 0 Å². The minimum atomic E-state index is -6.56. The van der Waals surface area contributed by atoms with Crippen molar-refractivity contribution in [2.24, 2.45) is 0 Å². The van der Waals surface area contributed by atoms with Gasteiger partial charge in [-0.3, -0.25) is 19.1 Å². The van der Waals surface area contributed by atoms with Crippen molar-refractivity contribution in [2.45, 2.75) is 33.3 Å². The number of anilines is 1. The second-order valence-electron chi connectivity index (χ2n) is 6.69. The van der Waals surface area contributed by atoms with Crippen molar-refractivity contribution in [3.05, 3.63) is 58.1 Å². The molecular formula is C18H10F10N2O4S2. The first-order valence-corrected chi connectivity index (χ1v) is 11.0. The first-order valence-electron chi connectivity index (χ1n) is 8.91. The minimum absolute atomic E-state index is 0.114. The van der Waals surface area contributed by atoms with Crippen molar-refractivity contribution in [3.8, 4) is 0 Å². The third kappa shape index (κ3) is 6.65. The topological polar surface area (TPSA) is 89.3 Å². The molecule has 18 heteroatoms. The Morgan fingerprint density at radius 2 is 1.58 bits per heavy atom. The Labute approximate surface area is 200 Å². The number of alkyl halides is 10. The van der Waals surface area contributed by atoms with Crippen LogP contribution in [0.3, 0.4) is 0 Å². The van der Waals surface area contributed by atoms with E-state index in [1.807, 2.05) is 5.32 Å². The van der Waals surface area contributed by atoms with Gasteiger partial charge in [-0.05, 0) is 42.1 Å². The summed E-state index contributed by atoms with van der Waals surface area (Å²) in [6.07, 6.45) is -11.5. The zero-order chi connectivity index (χ0) is 27.7. The highest BCUT2D eigenvalue weighted by Gasteiger charge is 2.73. The molecule has 0 radical (unpaired) electrons. The van der Waals surface area contributed by atoms with Gasteiger partial charge in [-0.25, -0.2) is 0 Å². The molecule has 1 N–H and O–H groups in total. The summed E-state index contributed by atoms with van der Waals surface area (Å²) < 4.78 is 141. The molecule has 198 valence electrons. The van der Waals surface area contributed by atoms with Gasteiger partial charge in [-0.1, -0.05) is 6.07 Å². The number of benzene rings is 2. The average Bonchev–Trinajstić information content (AvgIpc) is 2.71. The van der Waals surface area contributed by atoms with Gasteiger partial charge in [0.25, 0.3) is 5.69 Å². The van der Waals surface area contributed by atoms with E-state index in [9.17, 15) is 63.0 Å². The van der Waals surface area contributed by atoms with Gasteiger partial charge >= 0.3 is 23.5 Å². The van der Waals surface area contributed by atoms with Crippen LogP contribution >= 0.6 is 11.8 Å². The summed E-state index contributed by atoms with van der Waals surface area (Å²) in [7, 11) is -2.57. The van der Waals surface area contributed by atoms with Gasteiger partial charge in [-0.15, -0.1) is 0 Å². The number of nitro benzene ring substituents is 1. The number of amides is 1. The SMILES string of the molecule is O=C(CS(=O)c1ccc(C(F)(F)F)cc1[N+](=O)[O-])Nc1cccc(SC(F)(F)C(F)(F)C(F)(F)F)c1. The van der Waals surface area contributed by atoms with Gasteiger partial charge in [-0.2, -0.15) is 43.9 Å². The largest absolute Gasteiger partial charge is 0.460 e. The lowest BCUT2D eigenvalue weighted by molar-refractivity contribution is -0.388. The predicted molar refractivity (Wildman–Crippen MR) is 106 cm³/mol. The van der Waals surface area contributed by atoms with E-state index in [-0.39, 0.29) is 6.07 Å². The minimum Gasteiger partial charge on any atom is -0.325 e. The molecule has 1 unspecified atom stereocenters. The van der Waals surface area contributed by atoms with Gasteiger partial charge < -0.3 is 5.32 Å². The fourth-order valence-corrected chi connectivity index (χ4v) is 4.36. The van der Waals surface area contributed by atoms with E-state index < -0.39 is 89.4 Å². The molecule has 1 amide bonds. The molecule has 0 aliphatic heterocycles. The molecule has 1 atom stereocenters. The standard InChI is InChI=1S/C18H10F10N2O4S2/c19-15(20,21)9-4-5-13(12(6-9)30(32)33)36(34)8-14(31)29-10-2-1-3-11(7-10)35-18(27,28)16(22,23)17(24,25)26/h1-7H,8H2,(H,29,31). The number of nitro groups is 1. The van der Waals surface area contributed by atoms with Crippen LogP contribution in [0.25, 0.3) is 0 Å². The highest BCUT2D eigenvalue weighted by atomic mass is 32.2. The molecule has 0 aromatic heterocycles. The quantitative estimate of drug-likeness (QED) is 0.175. The van der Waals surface area contributed by atoms with Crippen molar-refractivity contribution in [2.75, 3.05) is 11.1 Å². The van der Waals surface area contributed by atoms with Crippen molar-refractivity contribution >= 4 is 39.8 Å². The molecule has 0 aliphatic rings. The maximum Gasteiger partial charge on any atom is 0.460 e. The van der Waals surface area contributed by atoms with Gasteiger partial charge in [0.05, 0.1) is 21.3 Å². The maximum absolute atomic E-state index is 13.6. The highest BCUT2D eigenvalue weighted by molar-refractivity contribution is 8.00. The summed E-state index contributed by atoms with van der Waals surface area (Å²) in [5.74, 6) is -8.65. The van der Waals surface area contributed by atoms with Gasteiger partial charge in [0.15, 0.2) is 0 Å². The lowest BCUT2D eigenvalue weighted by Crippen LogP contribution is -2.49. The summed E-state index contributed by atoms with van der Waals surface area (Å²) in [5, 5.41) is 7.43. The Kier molecular flexibility index (Phi) is 8.34. The molecule has 0 spiro atoms. The van der Waals surface area contributed by atoms with Crippen LogP contribution < -0.4 is 5.32 Å². The third-order valence-corrected chi connectivity index (χ3v) is 6.44. The molecule has 2 aromatic rings. The van der Waals surface area contributed by atoms with E-state index in [2.05, 4.69) is 0 Å². The number of hydrogen-bond donors (Lipinski definition) is 1. The molecule has 0 fully saturated rings. The molecule has 0 aliphatic carbocycles. The lowest BCUT2D eigenvalue weighted by Gasteiger charge is -2.27. The summed E-state index contributed by atoms with van der Waals surface area (Å²) in [5.41, 5.74) is -3.01. The zero-order valence-electron chi connectivity index (χ0n) is 16.9. The van der Waals surface area contributed by atoms with E-state index in [0.29, 0.717) is 18.2 Å². The molecular weight excluding hydrogens is 562 g/mol. The molecule has 0 saturated heterocycles. The second-order valence-corrected chi connectivity index (χ2v) is 9.30. The normalized spacial score (nSPS) is 13.8. The van der Waals surface area contributed by atoms with Crippen LogP contribution in [-0.4, -0.2) is 38.1 Å². The van der Waals surface area contributed by atoms with Crippen LogP contribution in [0, 0.1) is 10.1 Å². The van der Waals surface area contributed by atoms with Crippen molar-refractivity contribution < 1.29 is 57.8 Å². The number of carbonyl (C=O) groups is 1. The monoisotopic (exact) mass is 572 g/mol. The van der Waals surface area contributed by atoms with Crippen LogP contribution in [0.4, 0.5) is 55.3 Å². The number of carbonyl (C=O) groups excluding carboxylic acids is 1. The molecule has 0 saturated carbocycles. The van der Waals surface area contributed by atoms with Gasteiger partial charge in [0.1, 0.15) is 10.6 Å². The number of nitrogens with one attached hydrogen (secondary N) is 1. The van der Waals surface area contributed by atoms with Crippen LogP contribution in [0.15, 0.2) is 52.3 Å². The van der Waals surface area contributed by atoms with Crippen LogP contribution in [0.2, 0.25) is 0 Å². The Bertz CT molecular complexity index is 1190. The Morgan fingerprint density at radius 3 is 2.11 bits per heavy atom. The smallest absolute Gasteiger partial charge is 0.325 e. The number of halogens is 10. The molecule has 2 rings (SSSR count). The summed E-state index contributed by atoms with van der Waals surface area (Å²) >= 11 is -1.14. The summed E-state index contributed by atoms with van der Waals surface area (Å²) in [6, 6.07) is 4.31. The molecule has 36 heavy (non-hydrogen) atoms. The van der Waals surface area contributed by atoms with E-state index in [1.54, 1.807) is 0 Å². The first-order chi connectivity index (χ1) is 16.3. The zero-order valence-corrected chi connectivity index (χ0v) is 18.6. The second kappa shape index (κ2) is 10.2. The van der Waals surface area contributed by atoms with E-state index >= 15 is 0 Å². The first kappa shape index (κ1) is 29.3. The van der Waals surface area contributed by atoms with Crippen molar-refractivity contribution in [3.63, 3.8) is 0 Å². The molecule has 0 heterocycles. The van der Waals surface area contributed by atoms with Crippen molar-refractivity contribution in [1.82, 2.24) is 0 Å². The molecule has 2 aromatic carbocycles. The number of hydrogen-bond acceptors (Lipinski definition) is 5. The number of thioether (sulfide) groups is 1. The fraction of sp³-hybridized carbons (Fsp3) is 0.278. The number of nitrogens with zero attached hydrogens (tertiary/aromatic N) is 1. The predicted octanol–water partition coefficient (Wildman–Crippen LogP) is 6.24. The Balaban J connectivity index is 2.18. The maximum atomic E-state index is 13.6. The lowest BCUT2D eigenvalue weighted by atomic mass is 10.2. The average molecular weight is 572 g/mol. The molecule has 6 nitrogen and oxygen atoms in total. The Hall–Kier alpha value is -2.89. The van der Waals surface area contributed by atoms with E-state index in [1.165, 1.54) is 0 Å². The number of rotatable bonds is 8. The molecule has 0 bridgehead atoms. The summed E-state index contributed by atoms with van der Waals surface area (Å²) in [4.78, 5) is 20.4. The van der Waals surface area contributed by atoms with Crippen LogP contribution in [-0.2, 0) is 21.8 Å². The fourth-order valence-electron chi connectivity index (χ4n) is 2.44. The van der Waals surface area contributed by atoms with Gasteiger partial charge in [0, 0.05) is 16.6 Å².